The zero-order valence-electron chi connectivity index (χ0n) is 16.4. The van der Waals surface area contributed by atoms with Gasteiger partial charge in [0.05, 0.1) is 12.2 Å². The Bertz CT molecular complexity index is 424. The Morgan fingerprint density at radius 2 is 2.08 bits per heavy atom. The molecular formula is C18H37N5O. The number of nitrogens with one attached hydrogen (secondary N) is 2. The van der Waals surface area contributed by atoms with E-state index in [1.165, 1.54) is 0 Å². The molecule has 140 valence electrons. The van der Waals surface area contributed by atoms with Crippen LogP contribution in [-0.2, 0) is 4.74 Å². The molecule has 6 nitrogen and oxygen atoms in total. The van der Waals surface area contributed by atoms with E-state index in [-0.39, 0.29) is 5.60 Å². The van der Waals surface area contributed by atoms with E-state index in [1.807, 2.05) is 7.05 Å². The lowest BCUT2D eigenvalue weighted by molar-refractivity contribution is -0.0852. The number of morpholine rings is 1. The minimum Gasteiger partial charge on any atom is -0.373 e. The summed E-state index contributed by atoms with van der Waals surface area (Å²) in [6.45, 7) is 18.2. The molecule has 2 N–H and O–H groups in total. The summed E-state index contributed by atoms with van der Waals surface area (Å²) in [4.78, 5) is 9.39. The van der Waals surface area contributed by atoms with Crippen molar-refractivity contribution >= 4 is 5.96 Å². The van der Waals surface area contributed by atoms with Crippen LogP contribution in [0.2, 0.25) is 0 Å². The summed E-state index contributed by atoms with van der Waals surface area (Å²) in [5.74, 6) is 1.57. The second kappa shape index (κ2) is 8.50. The largest absolute Gasteiger partial charge is 0.373 e. The third-order valence-corrected chi connectivity index (χ3v) is 5.14. The Balaban J connectivity index is 1.73. The molecule has 0 bridgehead atoms. The number of likely N-dealkylation sites (tertiary alicyclic amines) is 1. The molecule has 0 aliphatic carbocycles. The molecule has 0 aromatic heterocycles. The van der Waals surface area contributed by atoms with E-state index in [0.29, 0.717) is 18.0 Å². The van der Waals surface area contributed by atoms with E-state index < -0.39 is 0 Å². The Kier molecular flexibility index (Phi) is 6.89. The highest BCUT2D eigenvalue weighted by molar-refractivity contribution is 5.80. The van der Waals surface area contributed by atoms with Crippen molar-refractivity contribution in [2.45, 2.75) is 52.3 Å². The van der Waals surface area contributed by atoms with Gasteiger partial charge in [0, 0.05) is 58.4 Å². The number of nitrogens with zero attached hydrogens (tertiary/aromatic N) is 3. The second-order valence-electron chi connectivity index (χ2n) is 8.16. The van der Waals surface area contributed by atoms with Crippen LogP contribution in [0.15, 0.2) is 4.99 Å². The Morgan fingerprint density at radius 1 is 1.33 bits per heavy atom. The van der Waals surface area contributed by atoms with Gasteiger partial charge >= 0.3 is 0 Å². The summed E-state index contributed by atoms with van der Waals surface area (Å²) in [5.41, 5.74) is -0.0300. The fraction of sp³-hybridized carbons (Fsp3) is 0.944. The first-order chi connectivity index (χ1) is 11.3. The van der Waals surface area contributed by atoms with Crippen LogP contribution in [0, 0.1) is 5.92 Å². The van der Waals surface area contributed by atoms with Crippen LogP contribution in [0.25, 0.3) is 0 Å². The summed E-state index contributed by atoms with van der Waals surface area (Å²) < 4.78 is 5.77. The van der Waals surface area contributed by atoms with Gasteiger partial charge in [-0.3, -0.25) is 14.8 Å². The van der Waals surface area contributed by atoms with Gasteiger partial charge in [0.2, 0.25) is 0 Å². The standard InChI is InChI=1S/C18H37N5O/c1-14(2)23-11-15(3)16(12-23)21-17(19-6)20-7-8-22-9-10-24-18(4,5)13-22/h14-16H,7-13H2,1-6H3,(H2,19,20,21). The first-order valence-corrected chi connectivity index (χ1v) is 9.38. The van der Waals surface area contributed by atoms with Crippen molar-refractivity contribution in [3.05, 3.63) is 0 Å². The summed E-state index contributed by atoms with van der Waals surface area (Å²) >= 11 is 0. The summed E-state index contributed by atoms with van der Waals surface area (Å²) in [6.07, 6.45) is 0. The molecule has 0 saturated carbocycles. The van der Waals surface area contributed by atoms with E-state index in [1.54, 1.807) is 0 Å². The third kappa shape index (κ3) is 5.60. The van der Waals surface area contributed by atoms with Gasteiger partial charge in [-0.25, -0.2) is 0 Å². The first kappa shape index (κ1) is 19.5. The van der Waals surface area contributed by atoms with Crippen LogP contribution in [-0.4, -0.2) is 86.4 Å². The molecule has 2 heterocycles. The van der Waals surface area contributed by atoms with Gasteiger partial charge in [-0.2, -0.15) is 0 Å². The Hall–Kier alpha value is -0.850. The van der Waals surface area contributed by atoms with Crippen LogP contribution >= 0.6 is 0 Å². The SMILES string of the molecule is CN=C(NCCN1CCOC(C)(C)C1)NC1CN(C(C)C)CC1C. The van der Waals surface area contributed by atoms with Gasteiger partial charge in [-0.05, 0) is 33.6 Å². The molecule has 6 heteroatoms. The van der Waals surface area contributed by atoms with Crippen LogP contribution in [0.1, 0.15) is 34.6 Å². The van der Waals surface area contributed by atoms with Crippen molar-refractivity contribution in [3.63, 3.8) is 0 Å². The average Bonchev–Trinajstić information content (AvgIpc) is 2.86. The number of rotatable bonds is 5. The molecule has 0 aromatic carbocycles. The number of guanidine groups is 1. The highest BCUT2D eigenvalue weighted by Gasteiger charge is 2.31. The van der Waals surface area contributed by atoms with Gasteiger partial charge in [0.25, 0.3) is 0 Å². The zero-order valence-corrected chi connectivity index (χ0v) is 16.4. The van der Waals surface area contributed by atoms with Gasteiger partial charge in [0.15, 0.2) is 5.96 Å². The molecule has 2 saturated heterocycles. The minimum absolute atomic E-state index is 0.0300. The first-order valence-electron chi connectivity index (χ1n) is 9.38. The lowest BCUT2D eigenvalue weighted by atomic mass is 10.1. The minimum atomic E-state index is -0.0300. The van der Waals surface area contributed by atoms with Gasteiger partial charge in [-0.1, -0.05) is 6.92 Å². The van der Waals surface area contributed by atoms with Crippen molar-refractivity contribution in [1.29, 1.82) is 0 Å². The normalized spacial score (nSPS) is 29.2. The van der Waals surface area contributed by atoms with Gasteiger partial charge in [0.1, 0.15) is 0 Å². The second-order valence-corrected chi connectivity index (χ2v) is 8.16. The number of ether oxygens (including phenoxy) is 1. The van der Waals surface area contributed by atoms with Crippen molar-refractivity contribution in [2.75, 3.05) is 52.9 Å². The predicted molar refractivity (Wildman–Crippen MR) is 101 cm³/mol. The maximum atomic E-state index is 5.77. The lowest BCUT2D eigenvalue weighted by Crippen LogP contribution is -2.52. The Morgan fingerprint density at radius 3 is 2.67 bits per heavy atom. The topological polar surface area (TPSA) is 52.1 Å². The number of aliphatic imine (C=N–C) groups is 1. The fourth-order valence-electron chi connectivity index (χ4n) is 3.62. The van der Waals surface area contributed by atoms with Gasteiger partial charge < -0.3 is 15.4 Å². The Labute approximate surface area is 148 Å². The van der Waals surface area contributed by atoms with E-state index in [4.69, 9.17) is 4.74 Å². The number of hydrogen-bond acceptors (Lipinski definition) is 4. The van der Waals surface area contributed by atoms with Gasteiger partial charge in [-0.15, -0.1) is 0 Å². The fourth-order valence-corrected chi connectivity index (χ4v) is 3.62. The predicted octanol–water partition coefficient (Wildman–Crippen LogP) is 0.991. The zero-order chi connectivity index (χ0) is 17.7. The van der Waals surface area contributed by atoms with Crippen molar-refractivity contribution in [1.82, 2.24) is 20.4 Å². The molecule has 2 rings (SSSR count). The van der Waals surface area contributed by atoms with E-state index in [9.17, 15) is 0 Å². The van der Waals surface area contributed by atoms with Crippen LogP contribution in [0.3, 0.4) is 0 Å². The highest BCUT2D eigenvalue weighted by Crippen LogP contribution is 2.18. The maximum Gasteiger partial charge on any atom is 0.191 e. The molecule has 2 atom stereocenters. The molecule has 2 aliphatic heterocycles. The van der Waals surface area contributed by atoms with E-state index in [2.05, 4.69) is 60.0 Å². The monoisotopic (exact) mass is 339 g/mol. The number of hydrogen-bond donors (Lipinski definition) is 2. The van der Waals surface area contributed by atoms with Crippen LogP contribution in [0.5, 0.6) is 0 Å². The quantitative estimate of drug-likeness (QED) is 0.578. The molecule has 2 fully saturated rings. The van der Waals surface area contributed by atoms with E-state index in [0.717, 1.165) is 51.8 Å². The molecule has 24 heavy (non-hydrogen) atoms. The lowest BCUT2D eigenvalue weighted by Gasteiger charge is -2.38. The molecule has 0 radical (unpaired) electrons. The van der Waals surface area contributed by atoms with Crippen molar-refractivity contribution in [3.8, 4) is 0 Å². The summed E-state index contributed by atoms with van der Waals surface area (Å²) in [6, 6.07) is 1.08. The highest BCUT2D eigenvalue weighted by atomic mass is 16.5. The molecule has 2 unspecified atom stereocenters. The molecule has 0 aromatic rings. The molecule has 0 spiro atoms. The smallest absolute Gasteiger partial charge is 0.191 e. The van der Waals surface area contributed by atoms with Crippen LogP contribution in [0.4, 0.5) is 0 Å². The van der Waals surface area contributed by atoms with E-state index >= 15 is 0 Å². The molecule has 0 amide bonds. The van der Waals surface area contributed by atoms with Crippen molar-refractivity contribution in [2.24, 2.45) is 10.9 Å². The molecule has 2 aliphatic rings. The molecular weight excluding hydrogens is 302 g/mol. The van der Waals surface area contributed by atoms with Crippen molar-refractivity contribution < 1.29 is 4.74 Å². The third-order valence-electron chi connectivity index (χ3n) is 5.14. The van der Waals surface area contributed by atoms with Crippen LogP contribution < -0.4 is 10.6 Å². The summed E-state index contributed by atoms with van der Waals surface area (Å²) in [7, 11) is 1.85. The maximum absolute atomic E-state index is 5.77. The average molecular weight is 340 g/mol. The summed E-state index contributed by atoms with van der Waals surface area (Å²) in [5, 5.41) is 7.08.